The summed E-state index contributed by atoms with van der Waals surface area (Å²) in [6.45, 7) is 2.20. The third-order valence-electron chi connectivity index (χ3n) is 2.58. The Morgan fingerprint density at radius 3 is 2.83 bits per heavy atom. The number of hydrogen-bond acceptors (Lipinski definition) is 5. The summed E-state index contributed by atoms with van der Waals surface area (Å²) in [7, 11) is 1.32. The van der Waals surface area contributed by atoms with Crippen molar-refractivity contribution >= 4 is 29.0 Å². The summed E-state index contributed by atoms with van der Waals surface area (Å²) in [6.07, 6.45) is 0. The van der Waals surface area contributed by atoms with Crippen LogP contribution in [0.2, 0.25) is 0 Å². The molecule has 0 saturated carbocycles. The number of thiophene rings is 1. The molecule has 0 radical (unpaired) electrons. The minimum absolute atomic E-state index is 0.221. The molecule has 1 aromatic rings. The van der Waals surface area contributed by atoms with E-state index < -0.39 is 5.97 Å². The van der Waals surface area contributed by atoms with E-state index in [0.717, 1.165) is 0 Å². The summed E-state index contributed by atoms with van der Waals surface area (Å²) in [4.78, 5) is 25.5. The molecular weight excluding hydrogens is 256 g/mol. The third-order valence-corrected chi connectivity index (χ3v) is 3.47. The quantitative estimate of drug-likeness (QED) is 0.825. The molecule has 7 heteroatoms. The number of carbonyl (C=O) groups excluding carboxylic acids is 2. The van der Waals surface area contributed by atoms with Gasteiger partial charge in [0.05, 0.1) is 26.0 Å². The molecule has 0 spiro atoms. The van der Waals surface area contributed by atoms with E-state index in [-0.39, 0.29) is 6.03 Å². The number of urea groups is 1. The molecule has 1 N–H and O–H groups in total. The van der Waals surface area contributed by atoms with Gasteiger partial charge in [0.1, 0.15) is 4.88 Å². The summed E-state index contributed by atoms with van der Waals surface area (Å²) in [6, 6.07) is 1.47. The van der Waals surface area contributed by atoms with Crippen LogP contribution in [0.4, 0.5) is 10.5 Å². The molecule has 2 heterocycles. The van der Waals surface area contributed by atoms with Gasteiger partial charge >= 0.3 is 12.0 Å². The number of ether oxygens (including phenoxy) is 2. The first-order valence-corrected chi connectivity index (χ1v) is 6.40. The number of methoxy groups -OCH3 is 1. The van der Waals surface area contributed by atoms with E-state index in [9.17, 15) is 9.59 Å². The lowest BCUT2D eigenvalue weighted by atomic mass is 10.4. The molecule has 0 aromatic carbocycles. The van der Waals surface area contributed by atoms with Crippen LogP contribution in [-0.2, 0) is 9.47 Å². The average Bonchev–Trinajstić information content (AvgIpc) is 2.87. The Morgan fingerprint density at radius 2 is 2.17 bits per heavy atom. The topological polar surface area (TPSA) is 67.9 Å². The Balaban J connectivity index is 2.02. The molecule has 6 nitrogen and oxygen atoms in total. The second kappa shape index (κ2) is 5.83. The molecule has 1 saturated heterocycles. The van der Waals surface area contributed by atoms with Crippen LogP contribution in [0.3, 0.4) is 0 Å². The molecule has 1 aromatic heterocycles. The van der Waals surface area contributed by atoms with Crippen LogP contribution in [0, 0.1) is 0 Å². The van der Waals surface area contributed by atoms with Crippen LogP contribution in [0.5, 0.6) is 0 Å². The van der Waals surface area contributed by atoms with Gasteiger partial charge in [-0.25, -0.2) is 9.59 Å². The predicted octanol–water partition coefficient (Wildman–Crippen LogP) is 1.40. The molecule has 1 aliphatic rings. The monoisotopic (exact) mass is 270 g/mol. The van der Waals surface area contributed by atoms with Crippen LogP contribution < -0.4 is 5.32 Å². The van der Waals surface area contributed by atoms with Crippen molar-refractivity contribution in [3.8, 4) is 0 Å². The number of esters is 1. The first-order chi connectivity index (χ1) is 8.72. The summed E-state index contributed by atoms with van der Waals surface area (Å²) in [5.41, 5.74) is 0.489. The molecule has 2 rings (SSSR count). The average molecular weight is 270 g/mol. The van der Waals surface area contributed by atoms with Crippen molar-refractivity contribution in [2.45, 2.75) is 0 Å². The molecule has 0 atom stereocenters. The van der Waals surface area contributed by atoms with Crippen LogP contribution in [0.25, 0.3) is 0 Å². The number of nitrogens with one attached hydrogen (secondary N) is 1. The van der Waals surface area contributed by atoms with Gasteiger partial charge in [-0.2, -0.15) is 0 Å². The zero-order valence-electron chi connectivity index (χ0n) is 9.97. The SMILES string of the molecule is COC(=O)c1sccc1NC(=O)N1CCOCC1. The van der Waals surface area contributed by atoms with Gasteiger partial charge in [-0.05, 0) is 11.4 Å². The summed E-state index contributed by atoms with van der Waals surface area (Å²) in [5, 5.41) is 4.45. The van der Waals surface area contributed by atoms with E-state index in [1.165, 1.54) is 18.4 Å². The molecule has 2 amide bonds. The third kappa shape index (κ3) is 2.80. The standard InChI is InChI=1S/C11H14N2O4S/c1-16-10(14)9-8(2-7-18-9)12-11(15)13-3-5-17-6-4-13/h2,7H,3-6H2,1H3,(H,12,15). The van der Waals surface area contributed by atoms with E-state index in [2.05, 4.69) is 10.1 Å². The number of hydrogen-bond donors (Lipinski definition) is 1. The van der Waals surface area contributed by atoms with Crippen molar-refractivity contribution in [3.05, 3.63) is 16.3 Å². The Morgan fingerprint density at radius 1 is 1.44 bits per heavy atom. The van der Waals surface area contributed by atoms with Crippen molar-refractivity contribution < 1.29 is 19.1 Å². The summed E-state index contributed by atoms with van der Waals surface area (Å²) in [5.74, 6) is -0.442. The predicted molar refractivity (Wildman–Crippen MR) is 67.1 cm³/mol. The lowest BCUT2D eigenvalue weighted by molar-refractivity contribution is 0.0564. The van der Waals surface area contributed by atoms with Crippen LogP contribution in [0.15, 0.2) is 11.4 Å². The van der Waals surface area contributed by atoms with E-state index in [4.69, 9.17) is 4.74 Å². The van der Waals surface area contributed by atoms with Gasteiger partial charge in [-0.15, -0.1) is 11.3 Å². The molecular formula is C11H14N2O4S. The zero-order valence-corrected chi connectivity index (χ0v) is 10.8. The Kier molecular flexibility index (Phi) is 4.16. The molecule has 1 aliphatic heterocycles. The minimum atomic E-state index is -0.442. The fourth-order valence-corrected chi connectivity index (χ4v) is 2.38. The zero-order chi connectivity index (χ0) is 13.0. The van der Waals surface area contributed by atoms with Gasteiger partial charge in [0.15, 0.2) is 0 Å². The Hall–Kier alpha value is -1.60. The van der Waals surface area contributed by atoms with Crippen molar-refractivity contribution in [1.29, 1.82) is 0 Å². The maximum absolute atomic E-state index is 11.9. The van der Waals surface area contributed by atoms with Gasteiger partial charge in [0, 0.05) is 13.1 Å². The smallest absolute Gasteiger partial charge is 0.350 e. The van der Waals surface area contributed by atoms with Gasteiger partial charge in [-0.3, -0.25) is 0 Å². The highest BCUT2D eigenvalue weighted by Crippen LogP contribution is 2.23. The van der Waals surface area contributed by atoms with E-state index >= 15 is 0 Å². The largest absolute Gasteiger partial charge is 0.465 e. The normalized spacial score (nSPS) is 15.3. The number of carbonyl (C=O) groups is 2. The lowest BCUT2D eigenvalue weighted by Gasteiger charge is -2.26. The summed E-state index contributed by atoms with van der Waals surface area (Å²) < 4.78 is 9.82. The number of nitrogens with zero attached hydrogens (tertiary/aromatic N) is 1. The van der Waals surface area contributed by atoms with Crippen LogP contribution >= 0.6 is 11.3 Å². The molecule has 18 heavy (non-hydrogen) atoms. The van der Waals surface area contributed by atoms with Crippen molar-refractivity contribution in [2.75, 3.05) is 38.7 Å². The summed E-state index contributed by atoms with van der Waals surface area (Å²) >= 11 is 1.24. The van der Waals surface area contributed by atoms with Crippen molar-refractivity contribution in [2.24, 2.45) is 0 Å². The second-order valence-electron chi connectivity index (χ2n) is 3.68. The minimum Gasteiger partial charge on any atom is -0.465 e. The first kappa shape index (κ1) is 12.8. The molecule has 0 unspecified atom stereocenters. The van der Waals surface area contributed by atoms with Crippen molar-refractivity contribution in [1.82, 2.24) is 4.90 Å². The number of amides is 2. The highest BCUT2D eigenvalue weighted by Gasteiger charge is 2.20. The number of morpholine rings is 1. The van der Waals surface area contributed by atoms with E-state index in [1.54, 1.807) is 16.3 Å². The lowest BCUT2D eigenvalue weighted by Crippen LogP contribution is -2.43. The molecule has 98 valence electrons. The molecule has 1 fully saturated rings. The first-order valence-electron chi connectivity index (χ1n) is 5.52. The Bertz CT molecular complexity index is 440. The highest BCUT2D eigenvalue weighted by molar-refractivity contribution is 7.12. The number of anilines is 1. The maximum atomic E-state index is 11.9. The molecule has 0 bridgehead atoms. The second-order valence-corrected chi connectivity index (χ2v) is 4.60. The highest BCUT2D eigenvalue weighted by atomic mass is 32.1. The number of rotatable bonds is 2. The van der Waals surface area contributed by atoms with Crippen molar-refractivity contribution in [3.63, 3.8) is 0 Å². The van der Waals surface area contributed by atoms with Crippen LogP contribution in [-0.4, -0.2) is 50.3 Å². The van der Waals surface area contributed by atoms with E-state index in [0.29, 0.717) is 36.9 Å². The maximum Gasteiger partial charge on any atom is 0.350 e. The van der Waals surface area contributed by atoms with Gasteiger partial charge in [0.2, 0.25) is 0 Å². The van der Waals surface area contributed by atoms with Gasteiger partial charge < -0.3 is 19.7 Å². The van der Waals surface area contributed by atoms with Crippen LogP contribution in [0.1, 0.15) is 9.67 Å². The fourth-order valence-electron chi connectivity index (χ4n) is 1.62. The van der Waals surface area contributed by atoms with E-state index in [1.807, 2.05) is 0 Å². The van der Waals surface area contributed by atoms with Gasteiger partial charge in [0.25, 0.3) is 0 Å². The Labute approximate surface area is 108 Å². The molecule has 0 aliphatic carbocycles. The fraction of sp³-hybridized carbons (Fsp3) is 0.455. The van der Waals surface area contributed by atoms with Gasteiger partial charge in [-0.1, -0.05) is 0 Å².